The first-order valence-corrected chi connectivity index (χ1v) is 6.53. The van der Waals surface area contributed by atoms with E-state index < -0.39 is 0 Å². The van der Waals surface area contributed by atoms with Crippen LogP contribution in [0.25, 0.3) is 0 Å². The molecule has 1 aromatic carbocycles. The summed E-state index contributed by atoms with van der Waals surface area (Å²) in [4.78, 5) is 11.8. The summed E-state index contributed by atoms with van der Waals surface area (Å²) in [5, 5.41) is 7.16. The molecule has 0 aliphatic heterocycles. The van der Waals surface area contributed by atoms with Gasteiger partial charge in [-0.1, -0.05) is 11.6 Å². The van der Waals surface area contributed by atoms with E-state index in [1.807, 2.05) is 6.07 Å². The molecule has 0 aliphatic rings. The molecular formula is C11H10ClIN4O. The van der Waals surface area contributed by atoms with Gasteiger partial charge in [-0.2, -0.15) is 5.10 Å². The number of anilines is 2. The van der Waals surface area contributed by atoms with Crippen molar-refractivity contribution >= 4 is 51.5 Å². The second-order valence-electron chi connectivity index (χ2n) is 3.64. The van der Waals surface area contributed by atoms with Crippen molar-refractivity contribution in [2.75, 3.05) is 11.1 Å². The number of hydrogen-bond donors (Lipinski definition) is 2. The van der Waals surface area contributed by atoms with E-state index in [0.29, 0.717) is 16.4 Å². The summed E-state index contributed by atoms with van der Waals surface area (Å²) >= 11 is 8.17. The highest BCUT2D eigenvalue weighted by Crippen LogP contribution is 2.23. The van der Waals surface area contributed by atoms with Gasteiger partial charge in [-0.25, -0.2) is 0 Å². The average Bonchev–Trinajstić information content (AvgIpc) is 2.68. The number of benzene rings is 1. The second kappa shape index (κ2) is 5.57. The predicted octanol–water partition coefficient (Wildman–Crippen LogP) is 2.36. The van der Waals surface area contributed by atoms with E-state index in [1.54, 1.807) is 18.3 Å². The maximum absolute atomic E-state index is 11.8. The number of amides is 1. The van der Waals surface area contributed by atoms with Gasteiger partial charge in [0.25, 0.3) is 0 Å². The third-order valence-electron chi connectivity index (χ3n) is 2.16. The molecule has 1 aromatic heterocycles. The summed E-state index contributed by atoms with van der Waals surface area (Å²) in [6, 6.07) is 5.41. The van der Waals surface area contributed by atoms with Crippen molar-refractivity contribution in [1.82, 2.24) is 9.78 Å². The molecule has 0 unspecified atom stereocenters. The Morgan fingerprint density at radius 1 is 1.56 bits per heavy atom. The van der Waals surface area contributed by atoms with E-state index in [4.69, 9.17) is 17.3 Å². The Hall–Kier alpha value is -1.28. The van der Waals surface area contributed by atoms with E-state index in [1.165, 1.54) is 10.9 Å². The molecule has 94 valence electrons. The molecular weight excluding hydrogens is 367 g/mol. The summed E-state index contributed by atoms with van der Waals surface area (Å²) in [6.45, 7) is 0.0967. The van der Waals surface area contributed by atoms with Crippen molar-refractivity contribution in [2.24, 2.45) is 0 Å². The Balaban J connectivity index is 2.03. The number of carbonyl (C=O) groups is 1. The maximum atomic E-state index is 11.8. The molecule has 7 heteroatoms. The van der Waals surface area contributed by atoms with Gasteiger partial charge in [-0.15, -0.1) is 0 Å². The number of nitrogens with two attached hydrogens (primary N) is 1. The average molecular weight is 377 g/mol. The van der Waals surface area contributed by atoms with Gasteiger partial charge in [0.05, 0.1) is 22.6 Å². The first kappa shape index (κ1) is 13.2. The summed E-state index contributed by atoms with van der Waals surface area (Å²) in [5.41, 5.74) is 6.62. The van der Waals surface area contributed by atoms with Crippen LogP contribution in [0, 0.1) is 3.57 Å². The largest absolute Gasteiger partial charge is 0.396 e. The van der Waals surface area contributed by atoms with Gasteiger partial charge in [-0.05, 0) is 40.8 Å². The molecule has 0 radical (unpaired) electrons. The van der Waals surface area contributed by atoms with Crippen LogP contribution in [0.1, 0.15) is 0 Å². The molecule has 2 rings (SSSR count). The van der Waals surface area contributed by atoms with Gasteiger partial charge in [-0.3, -0.25) is 9.48 Å². The number of nitrogens with one attached hydrogen (secondary N) is 1. The van der Waals surface area contributed by atoms with Crippen molar-refractivity contribution in [1.29, 1.82) is 0 Å². The first-order valence-electron chi connectivity index (χ1n) is 5.07. The zero-order valence-electron chi connectivity index (χ0n) is 9.23. The van der Waals surface area contributed by atoms with Crippen LogP contribution in [0.3, 0.4) is 0 Å². The molecule has 1 heterocycles. The van der Waals surface area contributed by atoms with Gasteiger partial charge in [0.2, 0.25) is 5.91 Å². The third-order valence-corrected chi connectivity index (χ3v) is 3.15. The summed E-state index contributed by atoms with van der Waals surface area (Å²) in [6.07, 6.45) is 3.08. The van der Waals surface area contributed by atoms with Gasteiger partial charge in [0.1, 0.15) is 6.54 Å². The molecule has 0 aliphatic carbocycles. The van der Waals surface area contributed by atoms with Crippen LogP contribution < -0.4 is 11.1 Å². The van der Waals surface area contributed by atoms with Crippen molar-refractivity contribution in [3.63, 3.8) is 0 Å². The summed E-state index contributed by atoms with van der Waals surface area (Å²) < 4.78 is 2.47. The highest BCUT2D eigenvalue weighted by Gasteiger charge is 2.07. The molecule has 0 bridgehead atoms. The lowest BCUT2D eigenvalue weighted by Crippen LogP contribution is -2.19. The fourth-order valence-corrected chi connectivity index (χ4v) is 2.30. The maximum Gasteiger partial charge on any atom is 0.246 e. The SMILES string of the molecule is Nc1cnn(CC(=O)Nc2ccc(I)cc2Cl)c1. The van der Waals surface area contributed by atoms with E-state index >= 15 is 0 Å². The molecule has 5 nitrogen and oxygen atoms in total. The third kappa shape index (κ3) is 3.36. The molecule has 2 aromatic rings. The molecule has 18 heavy (non-hydrogen) atoms. The van der Waals surface area contributed by atoms with Crippen molar-refractivity contribution < 1.29 is 4.79 Å². The number of hydrogen-bond acceptors (Lipinski definition) is 3. The smallest absolute Gasteiger partial charge is 0.246 e. The number of aromatic nitrogens is 2. The zero-order valence-corrected chi connectivity index (χ0v) is 12.1. The lowest BCUT2D eigenvalue weighted by molar-refractivity contribution is -0.116. The van der Waals surface area contributed by atoms with Crippen LogP contribution in [0.5, 0.6) is 0 Å². The number of halogens is 2. The van der Waals surface area contributed by atoms with Crippen molar-refractivity contribution in [3.8, 4) is 0 Å². The van der Waals surface area contributed by atoms with E-state index in [9.17, 15) is 4.79 Å². The second-order valence-corrected chi connectivity index (χ2v) is 5.30. The Kier molecular flexibility index (Phi) is 4.07. The van der Waals surface area contributed by atoms with Gasteiger partial charge < -0.3 is 11.1 Å². The molecule has 3 N–H and O–H groups in total. The van der Waals surface area contributed by atoms with Crippen LogP contribution in [0.4, 0.5) is 11.4 Å². The first-order chi connectivity index (χ1) is 8.54. The highest BCUT2D eigenvalue weighted by molar-refractivity contribution is 14.1. The van der Waals surface area contributed by atoms with Crippen molar-refractivity contribution in [3.05, 3.63) is 39.2 Å². The van der Waals surface area contributed by atoms with E-state index in [0.717, 1.165) is 3.57 Å². The summed E-state index contributed by atoms with van der Waals surface area (Å²) in [7, 11) is 0. The Labute approximate surface area is 122 Å². The molecule has 0 fully saturated rings. The Morgan fingerprint density at radius 2 is 2.33 bits per heavy atom. The highest BCUT2D eigenvalue weighted by atomic mass is 127. The lowest BCUT2D eigenvalue weighted by atomic mass is 10.3. The standard InChI is InChI=1S/C11H10ClIN4O/c12-9-3-7(13)1-2-10(9)16-11(18)6-17-5-8(14)4-15-17/h1-5H,6,14H2,(H,16,18). The number of carbonyl (C=O) groups excluding carboxylic acids is 1. The quantitative estimate of drug-likeness (QED) is 0.808. The van der Waals surface area contributed by atoms with Crippen LogP contribution in [0.2, 0.25) is 5.02 Å². The van der Waals surface area contributed by atoms with Crippen LogP contribution in [-0.4, -0.2) is 15.7 Å². The minimum atomic E-state index is -0.207. The molecule has 0 saturated heterocycles. The Bertz CT molecular complexity index is 584. The van der Waals surface area contributed by atoms with Crippen LogP contribution in [-0.2, 0) is 11.3 Å². The Morgan fingerprint density at radius 3 is 2.94 bits per heavy atom. The normalized spacial score (nSPS) is 10.3. The van der Waals surface area contributed by atoms with Crippen LogP contribution in [0.15, 0.2) is 30.6 Å². The number of nitrogen functional groups attached to an aromatic ring is 1. The van der Waals surface area contributed by atoms with E-state index in [-0.39, 0.29) is 12.5 Å². The monoisotopic (exact) mass is 376 g/mol. The molecule has 1 amide bonds. The van der Waals surface area contributed by atoms with Gasteiger partial charge >= 0.3 is 0 Å². The fourth-order valence-electron chi connectivity index (χ4n) is 1.39. The van der Waals surface area contributed by atoms with Crippen LogP contribution >= 0.6 is 34.2 Å². The number of nitrogens with zero attached hydrogens (tertiary/aromatic N) is 2. The van der Waals surface area contributed by atoms with Crippen molar-refractivity contribution in [2.45, 2.75) is 6.54 Å². The number of rotatable bonds is 3. The zero-order chi connectivity index (χ0) is 13.1. The van der Waals surface area contributed by atoms with E-state index in [2.05, 4.69) is 33.0 Å². The fraction of sp³-hybridized carbons (Fsp3) is 0.0909. The predicted molar refractivity (Wildman–Crippen MR) is 79.4 cm³/mol. The lowest BCUT2D eigenvalue weighted by Gasteiger charge is -2.07. The van der Waals surface area contributed by atoms with Gasteiger partial charge in [0.15, 0.2) is 0 Å². The molecule has 0 spiro atoms. The topological polar surface area (TPSA) is 72.9 Å². The summed E-state index contributed by atoms with van der Waals surface area (Å²) in [5.74, 6) is -0.207. The minimum absolute atomic E-state index is 0.0967. The van der Waals surface area contributed by atoms with Gasteiger partial charge in [0, 0.05) is 9.77 Å². The molecule has 0 atom stereocenters. The minimum Gasteiger partial charge on any atom is -0.396 e. The molecule has 0 saturated carbocycles.